The molecule has 2 aromatic rings. The summed E-state index contributed by atoms with van der Waals surface area (Å²) in [5.41, 5.74) is 0.266. The van der Waals surface area contributed by atoms with Gasteiger partial charge in [-0.25, -0.2) is 4.79 Å². The number of ether oxygens (including phenoxy) is 1. The van der Waals surface area contributed by atoms with Gasteiger partial charge in [0.05, 0.1) is 10.5 Å². The van der Waals surface area contributed by atoms with Crippen molar-refractivity contribution in [2.75, 3.05) is 6.54 Å². The molecule has 2 rings (SSSR count). The molecule has 3 N–H and O–H groups in total. The molecule has 0 saturated carbocycles. The Balaban J connectivity index is 1.90. The van der Waals surface area contributed by atoms with Gasteiger partial charge in [-0.1, -0.05) is 41.9 Å². The summed E-state index contributed by atoms with van der Waals surface area (Å²) in [5.74, 6) is 0. The number of nitrogens with zero attached hydrogens (tertiary/aromatic N) is 1. The van der Waals surface area contributed by atoms with Crippen molar-refractivity contribution in [3.05, 3.63) is 74.8 Å². The molecule has 0 aliphatic carbocycles. The summed E-state index contributed by atoms with van der Waals surface area (Å²) >= 11 is 5.71. The molecule has 138 valence electrons. The number of halogens is 1. The molecule has 0 spiro atoms. The number of nitrogens with one attached hydrogen (secondary N) is 1. The molecule has 0 radical (unpaired) electrons. The number of hydrogen-bond donors (Lipinski definition) is 3. The highest BCUT2D eigenvalue weighted by molar-refractivity contribution is 6.30. The van der Waals surface area contributed by atoms with E-state index >= 15 is 0 Å². The van der Waals surface area contributed by atoms with Crippen LogP contribution in [0.25, 0.3) is 0 Å². The van der Waals surface area contributed by atoms with Gasteiger partial charge in [0.15, 0.2) is 0 Å². The van der Waals surface area contributed by atoms with Crippen molar-refractivity contribution in [3.63, 3.8) is 0 Å². The maximum Gasteiger partial charge on any atom is 0.407 e. The second kappa shape index (κ2) is 9.14. The number of alkyl carbamates (subject to hydrolysis) is 1. The van der Waals surface area contributed by atoms with Gasteiger partial charge in [-0.15, -0.1) is 0 Å². The Hall–Kier alpha value is -2.68. The smallest absolute Gasteiger partial charge is 0.407 e. The third kappa shape index (κ3) is 5.41. The topological polar surface area (TPSA) is 122 Å². The Kier molecular flexibility index (Phi) is 6.90. The Bertz CT molecular complexity index is 771. The first-order valence-electron chi connectivity index (χ1n) is 7.63. The van der Waals surface area contributed by atoms with E-state index < -0.39 is 28.9 Å². The van der Waals surface area contributed by atoms with Crippen LogP contribution in [0.4, 0.5) is 10.5 Å². The van der Waals surface area contributed by atoms with Crippen LogP contribution in [0, 0.1) is 10.1 Å². The molecule has 0 heterocycles. The molecule has 0 aromatic heterocycles. The van der Waals surface area contributed by atoms with E-state index in [4.69, 9.17) is 16.3 Å². The van der Waals surface area contributed by atoms with E-state index in [-0.39, 0.29) is 23.7 Å². The molecule has 2 aromatic carbocycles. The number of aliphatic hydroxyl groups excluding tert-OH is 2. The van der Waals surface area contributed by atoms with Crippen LogP contribution in [0.2, 0.25) is 5.02 Å². The average molecular weight is 381 g/mol. The van der Waals surface area contributed by atoms with E-state index in [0.717, 1.165) is 11.6 Å². The van der Waals surface area contributed by atoms with Gasteiger partial charge in [-0.05, 0) is 17.7 Å². The monoisotopic (exact) mass is 380 g/mol. The van der Waals surface area contributed by atoms with E-state index in [1.165, 1.54) is 12.1 Å². The van der Waals surface area contributed by atoms with Gasteiger partial charge < -0.3 is 20.3 Å². The molecule has 2 unspecified atom stereocenters. The SMILES string of the molecule is O=C(NCC(O)C(O)c1ccc(Cl)cc1[N+](=O)[O-])OCc1ccccc1. The molecule has 8 nitrogen and oxygen atoms in total. The molecule has 1 amide bonds. The van der Waals surface area contributed by atoms with Crippen molar-refractivity contribution >= 4 is 23.4 Å². The summed E-state index contributed by atoms with van der Waals surface area (Å²) in [5, 5.41) is 33.6. The van der Waals surface area contributed by atoms with Crippen LogP contribution in [-0.2, 0) is 11.3 Å². The van der Waals surface area contributed by atoms with Crippen LogP contribution >= 0.6 is 11.6 Å². The highest BCUT2D eigenvalue weighted by Crippen LogP contribution is 2.29. The number of nitro benzene ring substituents is 1. The number of nitro groups is 1. The third-order valence-corrected chi connectivity index (χ3v) is 3.78. The van der Waals surface area contributed by atoms with Gasteiger partial charge in [0.2, 0.25) is 0 Å². The van der Waals surface area contributed by atoms with Crippen molar-refractivity contribution in [2.24, 2.45) is 0 Å². The molecule has 0 aliphatic rings. The molecular formula is C17H17ClN2O6. The highest BCUT2D eigenvalue weighted by Gasteiger charge is 2.27. The van der Waals surface area contributed by atoms with Gasteiger partial charge in [-0.3, -0.25) is 10.1 Å². The van der Waals surface area contributed by atoms with Crippen LogP contribution in [0.15, 0.2) is 48.5 Å². The fourth-order valence-corrected chi connectivity index (χ4v) is 2.37. The van der Waals surface area contributed by atoms with Gasteiger partial charge in [-0.2, -0.15) is 0 Å². The Morgan fingerprint density at radius 3 is 2.58 bits per heavy atom. The summed E-state index contributed by atoms with van der Waals surface area (Å²) in [7, 11) is 0. The first kappa shape index (κ1) is 19.6. The van der Waals surface area contributed by atoms with Crippen LogP contribution in [0.1, 0.15) is 17.2 Å². The van der Waals surface area contributed by atoms with Crippen LogP contribution in [0.5, 0.6) is 0 Å². The maximum absolute atomic E-state index is 11.6. The molecule has 26 heavy (non-hydrogen) atoms. The minimum absolute atomic E-state index is 0.0496. The summed E-state index contributed by atoms with van der Waals surface area (Å²) < 4.78 is 4.97. The van der Waals surface area contributed by atoms with Crippen LogP contribution in [0.3, 0.4) is 0 Å². The number of hydrogen-bond acceptors (Lipinski definition) is 6. The highest BCUT2D eigenvalue weighted by atomic mass is 35.5. The zero-order chi connectivity index (χ0) is 19.1. The van der Waals surface area contributed by atoms with Crippen molar-refractivity contribution in [1.29, 1.82) is 0 Å². The fourth-order valence-electron chi connectivity index (χ4n) is 2.21. The number of amides is 1. The van der Waals surface area contributed by atoms with Crippen molar-refractivity contribution in [2.45, 2.75) is 18.8 Å². The quantitative estimate of drug-likeness (QED) is 0.501. The second-order valence-electron chi connectivity index (χ2n) is 5.42. The van der Waals surface area contributed by atoms with Gasteiger partial charge in [0, 0.05) is 17.6 Å². The van der Waals surface area contributed by atoms with E-state index in [9.17, 15) is 25.1 Å². The van der Waals surface area contributed by atoms with E-state index in [1.807, 2.05) is 6.07 Å². The van der Waals surface area contributed by atoms with Crippen LogP contribution in [-0.4, -0.2) is 33.9 Å². The minimum atomic E-state index is -1.58. The van der Waals surface area contributed by atoms with Crippen LogP contribution < -0.4 is 5.32 Å². The third-order valence-electron chi connectivity index (χ3n) is 3.54. The number of rotatable bonds is 7. The fraction of sp³-hybridized carbons (Fsp3) is 0.235. The number of aliphatic hydroxyl groups is 2. The molecule has 0 bridgehead atoms. The van der Waals surface area contributed by atoms with Crippen molar-refractivity contribution < 1.29 is 24.7 Å². The predicted molar refractivity (Wildman–Crippen MR) is 93.7 cm³/mol. The average Bonchev–Trinajstić information content (AvgIpc) is 2.64. The molecule has 0 aliphatic heterocycles. The van der Waals surface area contributed by atoms with Crippen molar-refractivity contribution in [1.82, 2.24) is 5.32 Å². The normalized spacial score (nSPS) is 12.9. The summed E-state index contributed by atoms with van der Waals surface area (Å²) in [4.78, 5) is 22.0. The number of carbonyl (C=O) groups is 1. The lowest BCUT2D eigenvalue weighted by Crippen LogP contribution is -2.36. The molecule has 2 atom stereocenters. The predicted octanol–water partition coefficient (Wildman–Crippen LogP) is 2.57. The number of carbonyl (C=O) groups excluding carboxylic acids is 1. The summed E-state index contributed by atoms with van der Waals surface area (Å²) in [6, 6.07) is 12.7. The standard InChI is InChI=1S/C17H17ClN2O6/c18-12-6-7-13(14(8-12)20(24)25)16(22)15(21)9-19-17(23)26-10-11-4-2-1-3-5-11/h1-8,15-16,21-22H,9-10H2,(H,19,23). The molecule has 0 fully saturated rings. The van der Waals surface area contributed by atoms with E-state index in [2.05, 4.69) is 5.32 Å². The summed E-state index contributed by atoms with van der Waals surface area (Å²) in [6.07, 6.45) is -3.84. The van der Waals surface area contributed by atoms with Gasteiger partial charge in [0.1, 0.15) is 18.8 Å². The minimum Gasteiger partial charge on any atom is -0.445 e. The number of benzene rings is 2. The lowest BCUT2D eigenvalue weighted by Gasteiger charge is -2.18. The molecular weight excluding hydrogens is 364 g/mol. The Morgan fingerprint density at radius 2 is 1.92 bits per heavy atom. The Morgan fingerprint density at radius 1 is 1.23 bits per heavy atom. The second-order valence-corrected chi connectivity index (χ2v) is 5.85. The molecule has 0 saturated heterocycles. The first-order chi connectivity index (χ1) is 12.4. The first-order valence-corrected chi connectivity index (χ1v) is 8.01. The lowest BCUT2D eigenvalue weighted by atomic mass is 10.0. The Labute approximate surface area is 154 Å². The van der Waals surface area contributed by atoms with Gasteiger partial charge in [0.25, 0.3) is 5.69 Å². The van der Waals surface area contributed by atoms with Crippen molar-refractivity contribution in [3.8, 4) is 0 Å². The zero-order valence-electron chi connectivity index (χ0n) is 13.5. The summed E-state index contributed by atoms with van der Waals surface area (Å²) in [6.45, 7) is -0.303. The molecule has 9 heteroatoms. The van der Waals surface area contributed by atoms with E-state index in [0.29, 0.717) is 0 Å². The maximum atomic E-state index is 11.6. The zero-order valence-corrected chi connectivity index (χ0v) is 14.3. The van der Waals surface area contributed by atoms with E-state index in [1.54, 1.807) is 24.3 Å². The largest absolute Gasteiger partial charge is 0.445 e. The van der Waals surface area contributed by atoms with Gasteiger partial charge >= 0.3 is 6.09 Å². The lowest BCUT2D eigenvalue weighted by molar-refractivity contribution is -0.386.